The quantitative estimate of drug-likeness (QED) is 0.412. The number of benzene rings is 3. The third-order valence-corrected chi connectivity index (χ3v) is 5.68. The lowest BCUT2D eigenvalue weighted by Crippen LogP contribution is -2.25. The molecule has 0 saturated heterocycles. The number of rotatable bonds is 6. The van der Waals surface area contributed by atoms with Crippen molar-refractivity contribution in [1.29, 1.82) is 0 Å². The molecule has 3 aromatic carbocycles. The van der Waals surface area contributed by atoms with Crippen molar-refractivity contribution in [1.82, 2.24) is 10.3 Å². The van der Waals surface area contributed by atoms with Crippen molar-refractivity contribution < 1.29 is 14.3 Å². The van der Waals surface area contributed by atoms with Gasteiger partial charge in [-0.2, -0.15) is 0 Å². The molecule has 0 saturated carbocycles. The van der Waals surface area contributed by atoms with Gasteiger partial charge in [0.1, 0.15) is 5.82 Å². The average Bonchev–Trinajstić information content (AvgIpc) is 3.14. The van der Waals surface area contributed by atoms with Crippen molar-refractivity contribution in [2.24, 2.45) is 0 Å². The second-order valence-electron chi connectivity index (χ2n) is 7.78. The number of carbonyl (C=O) groups excluding carboxylic acids is 1. The molecule has 0 aliphatic rings. The fourth-order valence-corrected chi connectivity index (χ4v) is 4.02. The van der Waals surface area contributed by atoms with E-state index in [2.05, 4.69) is 10.3 Å². The first kappa shape index (κ1) is 20.8. The number of aromatic nitrogens is 1. The number of nitrogens with one attached hydrogen (secondary N) is 2. The Hall–Kier alpha value is -3.44. The van der Waals surface area contributed by atoms with Gasteiger partial charge in [-0.3, -0.25) is 4.79 Å². The zero-order valence-corrected chi connectivity index (χ0v) is 17.6. The molecule has 0 aliphatic heterocycles. The number of aliphatic hydroxyl groups is 1. The zero-order chi connectivity index (χ0) is 22.0. The van der Waals surface area contributed by atoms with E-state index in [0.29, 0.717) is 24.0 Å². The van der Waals surface area contributed by atoms with Crippen LogP contribution in [0.3, 0.4) is 0 Å². The Morgan fingerprint density at radius 1 is 1.03 bits per heavy atom. The van der Waals surface area contributed by atoms with Gasteiger partial charge >= 0.3 is 0 Å². The fourth-order valence-electron chi connectivity index (χ4n) is 4.02. The topological polar surface area (TPSA) is 65.1 Å². The molecular weight excluding hydrogens is 391 g/mol. The first-order chi connectivity index (χ1) is 15.0. The van der Waals surface area contributed by atoms with Crippen LogP contribution in [0, 0.1) is 19.7 Å². The van der Waals surface area contributed by atoms with Gasteiger partial charge in [0, 0.05) is 23.2 Å². The second-order valence-corrected chi connectivity index (χ2v) is 7.78. The van der Waals surface area contributed by atoms with Gasteiger partial charge in [-0.1, -0.05) is 36.4 Å². The third kappa shape index (κ3) is 4.23. The lowest BCUT2D eigenvalue weighted by atomic mass is 10.0. The van der Waals surface area contributed by atoms with Gasteiger partial charge in [0.2, 0.25) is 0 Å². The molecule has 0 atom stereocenters. The monoisotopic (exact) mass is 416 g/mol. The molecule has 5 heteroatoms. The van der Waals surface area contributed by atoms with E-state index in [9.17, 15) is 14.3 Å². The normalized spacial score (nSPS) is 11.1. The first-order valence-electron chi connectivity index (χ1n) is 10.3. The van der Waals surface area contributed by atoms with Crippen molar-refractivity contribution in [3.05, 3.63) is 94.4 Å². The number of aromatic amines is 1. The summed E-state index contributed by atoms with van der Waals surface area (Å²) in [6.07, 6.45) is 0.619. The minimum atomic E-state index is -0.261. The summed E-state index contributed by atoms with van der Waals surface area (Å²) in [6, 6.07) is 18.3. The van der Waals surface area contributed by atoms with E-state index in [1.165, 1.54) is 6.07 Å². The number of amides is 1. The maximum Gasteiger partial charge on any atom is 0.251 e. The maximum atomic E-state index is 14.1. The Balaban J connectivity index is 1.43. The van der Waals surface area contributed by atoms with E-state index >= 15 is 0 Å². The minimum Gasteiger partial charge on any atom is -0.392 e. The smallest absolute Gasteiger partial charge is 0.251 e. The van der Waals surface area contributed by atoms with Crippen molar-refractivity contribution in [3.8, 4) is 11.1 Å². The SMILES string of the molecule is Cc1[nH]c2c(F)ccc(C)c2c1CCNC(=O)c1ccc(-c2cccc(CO)c2)cc1. The van der Waals surface area contributed by atoms with E-state index in [0.717, 1.165) is 38.9 Å². The molecule has 0 spiro atoms. The molecule has 1 heterocycles. The largest absolute Gasteiger partial charge is 0.392 e. The van der Waals surface area contributed by atoms with Crippen molar-refractivity contribution in [2.45, 2.75) is 26.9 Å². The van der Waals surface area contributed by atoms with Crippen LogP contribution >= 0.6 is 0 Å². The maximum absolute atomic E-state index is 14.1. The van der Waals surface area contributed by atoms with Crippen LogP contribution in [0.1, 0.15) is 32.7 Å². The number of H-pyrrole nitrogens is 1. The van der Waals surface area contributed by atoms with Crippen LogP contribution in [0.2, 0.25) is 0 Å². The summed E-state index contributed by atoms with van der Waals surface area (Å²) in [5.41, 5.74) is 6.91. The van der Waals surface area contributed by atoms with Gasteiger partial charge in [0.15, 0.2) is 0 Å². The van der Waals surface area contributed by atoms with E-state index in [-0.39, 0.29) is 18.3 Å². The Kier molecular flexibility index (Phi) is 5.87. The van der Waals surface area contributed by atoms with Crippen LogP contribution in [0.15, 0.2) is 60.7 Å². The molecule has 4 aromatic rings. The van der Waals surface area contributed by atoms with Crippen LogP contribution in [0.4, 0.5) is 4.39 Å². The molecule has 0 unspecified atom stereocenters. The highest BCUT2D eigenvalue weighted by Crippen LogP contribution is 2.28. The lowest BCUT2D eigenvalue weighted by Gasteiger charge is -2.08. The Morgan fingerprint density at radius 3 is 2.55 bits per heavy atom. The summed E-state index contributed by atoms with van der Waals surface area (Å²) in [6.45, 7) is 4.36. The van der Waals surface area contributed by atoms with Crippen molar-refractivity contribution in [3.63, 3.8) is 0 Å². The summed E-state index contributed by atoms with van der Waals surface area (Å²) in [5.74, 6) is -0.403. The van der Waals surface area contributed by atoms with Gasteiger partial charge in [0.25, 0.3) is 5.91 Å². The highest BCUT2D eigenvalue weighted by Gasteiger charge is 2.14. The van der Waals surface area contributed by atoms with E-state index in [1.54, 1.807) is 18.2 Å². The summed E-state index contributed by atoms with van der Waals surface area (Å²) < 4.78 is 14.1. The Bertz CT molecular complexity index is 1240. The van der Waals surface area contributed by atoms with Crippen LogP contribution in [-0.4, -0.2) is 22.5 Å². The van der Waals surface area contributed by atoms with Crippen molar-refractivity contribution >= 4 is 16.8 Å². The van der Waals surface area contributed by atoms with Gasteiger partial charge in [0.05, 0.1) is 12.1 Å². The molecule has 4 rings (SSSR count). The molecule has 1 amide bonds. The number of hydrogen-bond donors (Lipinski definition) is 3. The number of aliphatic hydroxyl groups excluding tert-OH is 1. The number of carbonyl (C=O) groups is 1. The zero-order valence-electron chi connectivity index (χ0n) is 17.6. The molecule has 0 fully saturated rings. The van der Waals surface area contributed by atoms with Crippen LogP contribution < -0.4 is 5.32 Å². The first-order valence-corrected chi connectivity index (χ1v) is 10.3. The lowest BCUT2D eigenvalue weighted by molar-refractivity contribution is 0.0954. The van der Waals surface area contributed by atoms with Gasteiger partial charge < -0.3 is 15.4 Å². The highest BCUT2D eigenvalue weighted by atomic mass is 19.1. The average molecular weight is 416 g/mol. The third-order valence-electron chi connectivity index (χ3n) is 5.68. The highest BCUT2D eigenvalue weighted by molar-refractivity contribution is 5.95. The van der Waals surface area contributed by atoms with E-state index in [4.69, 9.17) is 0 Å². The molecule has 0 bridgehead atoms. The summed E-state index contributed by atoms with van der Waals surface area (Å²) in [7, 11) is 0. The standard InChI is InChI=1S/C26H25FN2O2/c1-16-6-11-23(27)25-24(16)22(17(2)29-25)12-13-28-26(31)20-9-7-19(8-10-20)21-5-3-4-18(14-21)15-30/h3-11,14,29-30H,12-13,15H2,1-2H3,(H,28,31). The van der Waals surface area contributed by atoms with Crippen LogP contribution in [0.5, 0.6) is 0 Å². The van der Waals surface area contributed by atoms with Gasteiger partial charge in [-0.25, -0.2) is 4.39 Å². The molecule has 4 nitrogen and oxygen atoms in total. The number of halogens is 1. The second kappa shape index (κ2) is 8.74. The molecular formula is C26H25FN2O2. The molecule has 0 aliphatic carbocycles. The number of hydrogen-bond acceptors (Lipinski definition) is 2. The van der Waals surface area contributed by atoms with E-state index in [1.807, 2.05) is 50.2 Å². The Morgan fingerprint density at radius 2 is 1.81 bits per heavy atom. The minimum absolute atomic E-state index is 0.00357. The van der Waals surface area contributed by atoms with Crippen LogP contribution in [-0.2, 0) is 13.0 Å². The van der Waals surface area contributed by atoms with E-state index < -0.39 is 0 Å². The van der Waals surface area contributed by atoms with Crippen molar-refractivity contribution in [2.75, 3.05) is 6.54 Å². The predicted octanol–water partition coefficient (Wildman–Crippen LogP) is 5.06. The molecule has 0 radical (unpaired) electrons. The predicted molar refractivity (Wildman–Crippen MR) is 122 cm³/mol. The molecule has 158 valence electrons. The molecule has 31 heavy (non-hydrogen) atoms. The van der Waals surface area contributed by atoms with Gasteiger partial charge in [-0.15, -0.1) is 0 Å². The number of aryl methyl sites for hydroxylation is 2. The summed E-state index contributed by atoms with van der Waals surface area (Å²) in [4.78, 5) is 15.7. The van der Waals surface area contributed by atoms with Crippen LogP contribution in [0.25, 0.3) is 22.0 Å². The number of fused-ring (bicyclic) bond motifs is 1. The Labute approximate surface area is 180 Å². The summed E-state index contributed by atoms with van der Waals surface area (Å²) in [5, 5.41) is 13.2. The fraction of sp³-hybridized carbons (Fsp3) is 0.192. The summed E-state index contributed by atoms with van der Waals surface area (Å²) >= 11 is 0. The molecule has 1 aromatic heterocycles. The van der Waals surface area contributed by atoms with Gasteiger partial charge in [-0.05, 0) is 72.4 Å². The molecule has 3 N–H and O–H groups in total.